The molecule has 0 saturated carbocycles. The second-order valence-corrected chi connectivity index (χ2v) is 8.63. The largest absolute Gasteiger partial charge is 0.457 e. The number of alkyl halides is 3. The van der Waals surface area contributed by atoms with Crippen LogP contribution in [0.15, 0.2) is 48.5 Å². The standard InChI is InChI=1S/C25H29F3N2O3/c26-25(27,28)21-4-2-6-23(18-21)33-22-5-1-3-20(17-22)24(31)30-11-8-19(9-12-30)7-10-29-13-15-32-16-14-29/h1-6,17-19H,7-16H2. The van der Waals surface area contributed by atoms with Crippen molar-refractivity contribution in [3.63, 3.8) is 0 Å². The van der Waals surface area contributed by atoms with E-state index in [1.165, 1.54) is 12.1 Å². The van der Waals surface area contributed by atoms with Crippen molar-refractivity contribution in [2.75, 3.05) is 45.9 Å². The number of piperidine rings is 1. The van der Waals surface area contributed by atoms with Gasteiger partial charge in [-0.3, -0.25) is 9.69 Å². The minimum Gasteiger partial charge on any atom is -0.457 e. The van der Waals surface area contributed by atoms with E-state index in [-0.39, 0.29) is 11.7 Å². The molecule has 2 aromatic carbocycles. The van der Waals surface area contributed by atoms with E-state index in [1.54, 1.807) is 24.3 Å². The molecule has 0 unspecified atom stereocenters. The van der Waals surface area contributed by atoms with Crippen molar-refractivity contribution < 1.29 is 27.4 Å². The van der Waals surface area contributed by atoms with Gasteiger partial charge in [0.2, 0.25) is 0 Å². The van der Waals surface area contributed by atoms with Gasteiger partial charge in [0.1, 0.15) is 11.5 Å². The summed E-state index contributed by atoms with van der Waals surface area (Å²) in [5.74, 6) is 0.958. The first-order valence-corrected chi connectivity index (χ1v) is 11.4. The number of rotatable bonds is 6. The molecule has 2 saturated heterocycles. The van der Waals surface area contributed by atoms with Crippen LogP contribution >= 0.6 is 0 Å². The van der Waals surface area contributed by atoms with Crippen molar-refractivity contribution in [1.82, 2.24) is 9.80 Å². The molecule has 0 radical (unpaired) electrons. The number of halogens is 3. The minimum absolute atomic E-state index is 0.0730. The molecule has 0 N–H and O–H groups in total. The van der Waals surface area contributed by atoms with E-state index in [0.29, 0.717) is 30.3 Å². The molecule has 1 amide bonds. The summed E-state index contributed by atoms with van der Waals surface area (Å²) in [5.41, 5.74) is -0.296. The fraction of sp³-hybridized carbons (Fsp3) is 0.480. The molecule has 5 nitrogen and oxygen atoms in total. The van der Waals surface area contributed by atoms with Gasteiger partial charge in [0, 0.05) is 31.7 Å². The SMILES string of the molecule is O=C(c1cccc(Oc2cccc(C(F)(F)F)c2)c1)N1CCC(CCN2CCOCC2)CC1. The van der Waals surface area contributed by atoms with Crippen molar-refractivity contribution in [2.45, 2.75) is 25.4 Å². The number of hydrogen-bond acceptors (Lipinski definition) is 4. The van der Waals surface area contributed by atoms with Gasteiger partial charge in [-0.25, -0.2) is 0 Å². The molecule has 8 heteroatoms. The van der Waals surface area contributed by atoms with Crippen LogP contribution in [0.4, 0.5) is 13.2 Å². The fourth-order valence-corrected chi connectivity index (χ4v) is 4.36. The average Bonchev–Trinajstić information content (AvgIpc) is 2.83. The van der Waals surface area contributed by atoms with Gasteiger partial charge in [-0.05, 0) is 68.1 Å². The number of ether oxygens (including phenoxy) is 2. The van der Waals surface area contributed by atoms with Crippen LogP contribution in [0.25, 0.3) is 0 Å². The van der Waals surface area contributed by atoms with Gasteiger partial charge < -0.3 is 14.4 Å². The first-order valence-electron chi connectivity index (χ1n) is 11.4. The lowest BCUT2D eigenvalue weighted by Gasteiger charge is -2.34. The third-order valence-corrected chi connectivity index (χ3v) is 6.34. The van der Waals surface area contributed by atoms with Gasteiger partial charge >= 0.3 is 6.18 Å². The summed E-state index contributed by atoms with van der Waals surface area (Å²) in [6, 6.07) is 11.3. The van der Waals surface area contributed by atoms with Crippen LogP contribution in [0.2, 0.25) is 0 Å². The topological polar surface area (TPSA) is 42.0 Å². The summed E-state index contributed by atoms with van der Waals surface area (Å²) >= 11 is 0. The highest BCUT2D eigenvalue weighted by Gasteiger charge is 2.30. The zero-order chi connectivity index (χ0) is 23.3. The smallest absolute Gasteiger partial charge is 0.416 e. The maximum absolute atomic E-state index is 13.0. The number of amides is 1. The highest BCUT2D eigenvalue weighted by molar-refractivity contribution is 5.94. The van der Waals surface area contributed by atoms with Crippen molar-refractivity contribution in [1.29, 1.82) is 0 Å². The molecule has 33 heavy (non-hydrogen) atoms. The molecule has 2 aliphatic heterocycles. The predicted molar refractivity (Wildman–Crippen MR) is 118 cm³/mol. The Kier molecular flexibility index (Phi) is 7.55. The lowest BCUT2D eigenvalue weighted by Crippen LogP contribution is -2.40. The molecule has 0 aliphatic carbocycles. The van der Waals surface area contributed by atoms with Gasteiger partial charge in [0.15, 0.2) is 0 Å². The number of benzene rings is 2. The fourth-order valence-electron chi connectivity index (χ4n) is 4.36. The van der Waals surface area contributed by atoms with Crippen LogP contribution in [0, 0.1) is 5.92 Å². The van der Waals surface area contributed by atoms with E-state index in [2.05, 4.69) is 4.90 Å². The monoisotopic (exact) mass is 462 g/mol. The molecule has 0 aromatic heterocycles. The average molecular weight is 463 g/mol. The van der Waals surface area contributed by atoms with Crippen LogP contribution in [0.3, 0.4) is 0 Å². The highest BCUT2D eigenvalue weighted by Crippen LogP contribution is 2.33. The lowest BCUT2D eigenvalue weighted by atomic mass is 9.93. The lowest BCUT2D eigenvalue weighted by molar-refractivity contribution is -0.137. The Balaban J connectivity index is 1.31. The number of likely N-dealkylation sites (tertiary alicyclic amines) is 1. The third kappa shape index (κ3) is 6.48. The first-order chi connectivity index (χ1) is 15.9. The molecular weight excluding hydrogens is 433 g/mol. The summed E-state index contributed by atoms with van der Waals surface area (Å²) in [4.78, 5) is 17.3. The Labute approximate surface area is 192 Å². The van der Waals surface area contributed by atoms with Crippen LogP contribution in [-0.2, 0) is 10.9 Å². The number of nitrogens with zero attached hydrogens (tertiary/aromatic N) is 2. The highest BCUT2D eigenvalue weighted by atomic mass is 19.4. The van der Waals surface area contributed by atoms with Gasteiger partial charge in [-0.2, -0.15) is 13.2 Å². The Morgan fingerprint density at radius 3 is 2.33 bits per heavy atom. The molecule has 2 aliphatic rings. The maximum atomic E-state index is 13.0. The van der Waals surface area contributed by atoms with Crippen LogP contribution in [0.1, 0.15) is 35.2 Å². The molecule has 2 aromatic rings. The maximum Gasteiger partial charge on any atom is 0.416 e. The Morgan fingerprint density at radius 2 is 1.64 bits per heavy atom. The summed E-state index contributed by atoms with van der Waals surface area (Å²) in [7, 11) is 0. The Bertz CT molecular complexity index is 936. The molecule has 0 atom stereocenters. The van der Waals surface area contributed by atoms with Gasteiger partial charge in [-0.1, -0.05) is 12.1 Å². The van der Waals surface area contributed by atoms with Crippen LogP contribution in [-0.4, -0.2) is 61.6 Å². The Hall–Kier alpha value is -2.58. The summed E-state index contributed by atoms with van der Waals surface area (Å²) in [6.07, 6.45) is -1.33. The van der Waals surface area contributed by atoms with Gasteiger partial charge in [0.05, 0.1) is 18.8 Å². The summed E-state index contributed by atoms with van der Waals surface area (Å²) in [5, 5.41) is 0. The first kappa shape index (κ1) is 23.6. The van der Waals surface area contributed by atoms with Crippen LogP contribution < -0.4 is 4.74 Å². The van der Waals surface area contributed by atoms with Crippen LogP contribution in [0.5, 0.6) is 11.5 Å². The van der Waals surface area contributed by atoms with E-state index in [4.69, 9.17) is 9.47 Å². The van der Waals surface area contributed by atoms with Gasteiger partial charge in [-0.15, -0.1) is 0 Å². The van der Waals surface area contributed by atoms with E-state index in [0.717, 1.165) is 64.2 Å². The second-order valence-electron chi connectivity index (χ2n) is 8.63. The predicted octanol–water partition coefficient (Wildman–Crippen LogP) is 5.07. The number of carbonyl (C=O) groups excluding carboxylic acids is 1. The molecule has 2 heterocycles. The quantitative estimate of drug-likeness (QED) is 0.601. The molecule has 0 bridgehead atoms. The second kappa shape index (κ2) is 10.6. The zero-order valence-electron chi connectivity index (χ0n) is 18.5. The summed E-state index contributed by atoms with van der Waals surface area (Å²) < 4.78 is 49.8. The summed E-state index contributed by atoms with van der Waals surface area (Å²) in [6.45, 7) is 6.12. The van der Waals surface area contributed by atoms with Gasteiger partial charge in [0.25, 0.3) is 5.91 Å². The zero-order valence-corrected chi connectivity index (χ0v) is 18.5. The van der Waals surface area contributed by atoms with E-state index >= 15 is 0 Å². The molecule has 4 rings (SSSR count). The van der Waals surface area contributed by atoms with E-state index < -0.39 is 11.7 Å². The van der Waals surface area contributed by atoms with Crippen molar-refractivity contribution in [2.24, 2.45) is 5.92 Å². The van der Waals surface area contributed by atoms with Crippen molar-refractivity contribution in [3.05, 3.63) is 59.7 Å². The van der Waals surface area contributed by atoms with E-state index in [9.17, 15) is 18.0 Å². The van der Waals surface area contributed by atoms with Crippen molar-refractivity contribution in [3.8, 4) is 11.5 Å². The number of morpholine rings is 1. The molecule has 2 fully saturated rings. The normalized spacial score (nSPS) is 18.3. The number of hydrogen-bond donors (Lipinski definition) is 0. The van der Waals surface area contributed by atoms with E-state index in [1.807, 2.05) is 4.90 Å². The molecule has 178 valence electrons. The Morgan fingerprint density at radius 1 is 0.970 bits per heavy atom. The van der Waals surface area contributed by atoms with Crippen molar-refractivity contribution >= 4 is 5.91 Å². The molecule has 0 spiro atoms. The minimum atomic E-state index is -4.44. The third-order valence-electron chi connectivity index (χ3n) is 6.34. The number of carbonyl (C=O) groups is 1. The molecular formula is C25H29F3N2O3.